The van der Waals surface area contributed by atoms with Crippen LogP contribution in [0.1, 0.15) is 11.3 Å². The molecular formula is C20H18N2O. The minimum Gasteiger partial charge on any atom is -0.326 e. The molecule has 1 aromatic heterocycles. The van der Waals surface area contributed by atoms with Gasteiger partial charge in [-0.15, -0.1) is 0 Å². The van der Waals surface area contributed by atoms with Crippen LogP contribution in [0.5, 0.6) is 0 Å². The Kier molecular flexibility index (Phi) is 4.48. The van der Waals surface area contributed by atoms with Gasteiger partial charge in [-0.05, 0) is 35.7 Å². The summed E-state index contributed by atoms with van der Waals surface area (Å²) in [4.78, 5) is 16.2. The van der Waals surface area contributed by atoms with Gasteiger partial charge >= 0.3 is 0 Å². The zero-order valence-corrected chi connectivity index (χ0v) is 13.0. The Labute approximate surface area is 136 Å². The van der Waals surface area contributed by atoms with Gasteiger partial charge in [-0.25, -0.2) is 0 Å². The van der Waals surface area contributed by atoms with Gasteiger partial charge in [-0.3, -0.25) is 9.78 Å². The first kappa shape index (κ1) is 15.0. The quantitative estimate of drug-likeness (QED) is 0.783. The molecule has 0 saturated heterocycles. The maximum atomic E-state index is 12.1. The van der Waals surface area contributed by atoms with Crippen LogP contribution in [-0.2, 0) is 11.2 Å². The van der Waals surface area contributed by atoms with Crippen molar-refractivity contribution in [3.63, 3.8) is 0 Å². The molecule has 3 aromatic rings. The zero-order chi connectivity index (χ0) is 16.1. The number of rotatable bonds is 4. The molecule has 3 heteroatoms. The van der Waals surface area contributed by atoms with Gasteiger partial charge in [0.05, 0.1) is 6.42 Å². The Bertz CT molecular complexity index is 795. The van der Waals surface area contributed by atoms with Gasteiger partial charge in [-0.1, -0.05) is 54.6 Å². The average molecular weight is 302 g/mol. The van der Waals surface area contributed by atoms with E-state index in [0.29, 0.717) is 6.42 Å². The lowest BCUT2D eigenvalue weighted by molar-refractivity contribution is -0.115. The van der Waals surface area contributed by atoms with Crippen LogP contribution in [0.4, 0.5) is 5.69 Å². The number of anilines is 1. The van der Waals surface area contributed by atoms with Crippen molar-refractivity contribution < 1.29 is 4.79 Å². The number of carbonyl (C=O) groups is 1. The van der Waals surface area contributed by atoms with E-state index in [1.165, 1.54) is 5.56 Å². The van der Waals surface area contributed by atoms with Crippen molar-refractivity contribution in [1.29, 1.82) is 0 Å². The van der Waals surface area contributed by atoms with E-state index in [4.69, 9.17) is 0 Å². The molecule has 1 amide bonds. The molecule has 0 atom stereocenters. The van der Waals surface area contributed by atoms with Gasteiger partial charge in [0.1, 0.15) is 0 Å². The number of benzene rings is 2. The molecule has 0 fully saturated rings. The molecule has 0 aliphatic heterocycles. The SMILES string of the molecule is Cc1cc(NC(=O)Cc2ccc(-c3ccccc3)cc2)ccn1. The van der Waals surface area contributed by atoms with Crippen molar-refractivity contribution in [1.82, 2.24) is 4.98 Å². The maximum absolute atomic E-state index is 12.1. The molecule has 114 valence electrons. The first-order valence-corrected chi connectivity index (χ1v) is 7.57. The Morgan fingerprint density at radius 3 is 2.35 bits per heavy atom. The molecule has 0 aliphatic carbocycles. The van der Waals surface area contributed by atoms with Gasteiger partial charge in [0.2, 0.25) is 5.91 Å². The molecule has 0 radical (unpaired) electrons. The molecule has 0 spiro atoms. The van der Waals surface area contributed by atoms with Crippen LogP contribution in [0.15, 0.2) is 72.9 Å². The topological polar surface area (TPSA) is 42.0 Å². The van der Waals surface area contributed by atoms with Gasteiger partial charge in [0.15, 0.2) is 0 Å². The number of hydrogen-bond acceptors (Lipinski definition) is 2. The smallest absolute Gasteiger partial charge is 0.228 e. The summed E-state index contributed by atoms with van der Waals surface area (Å²) in [6, 6.07) is 22.0. The summed E-state index contributed by atoms with van der Waals surface area (Å²) in [6.07, 6.45) is 2.05. The average Bonchev–Trinajstić information content (AvgIpc) is 2.56. The minimum absolute atomic E-state index is 0.0249. The van der Waals surface area contributed by atoms with Crippen LogP contribution in [0.25, 0.3) is 11.1 Å². The van der Waals surface area contributed by atoms with E-state index in [1.54, 1.807) is 12.3 Å². The van der Waals surface area contributed by atoms with E-state index in [0.717, 1.165) is 22.5 Å². The molecule has 23 heavy (non-hydrogen) atoms. The number of nitrogens with zero attached hydrogens (tertiary/aromatic N) is 1. The second-order valence-corrected chi connectivity index (χ2v) is 5.47. The number of nitrogens with one attached hydrogen (secondary N) is 1. The number of aromatic nitrogens is 1. The van der Waals surface area contributed by atoms with Crippen molar-refractivity contribution in [2.24, 2.45) is 0 Å². The van der Waals surface area contributed by atoms with E-state index in [9.17, 15) is 4.79 Å². The van der Waals surface area contributed by atoms with Crippen molar-refractivity contribution in [2.45, 2.75) is 13.3 Å². The van der Waals surface area contributed by atoms with Crippen molar-refractivity contribution in [3.05, 3.63) is 84.2 Å². The second-order valence-electron chi connectivity index (χ2n) is 5.47. The molecule has 0 bridgehead atoms. The minimum atomic E-state index is -0.0249. The van der Waals surface area contributed by atoms with E-state index in [2.05, 4.69) is 34.6 Å². The van der Waals surface area contributed by atoms with Crippen molar-refractivity contribution in [3.8, 4) is 11.1 Å². The first-order valence-electron chi connectivity index (χ1n) is 7.57. The van der Waals surface area contributed by atoms with Crippen molar-refractivity contribution >= 4 is 11.6 Å². The Hall–Kier alpha value is -2.94. The predicted octanol–water partition coefficient (Wildman–Crippen LogP) is 4.24. The summed E-state index contributed by atoms with van der Waals surface area (Å²) in [5, 5.41) is 2.90. The van der Waals surface area contributed by atoms with E-state index in [-0.39, 0.29) is 5.91 Å². The standard InChI is InChI=1S/C20H18N2O/c1-15-13-19(11-12-21-15)22-20(23)14-16-7-9-18(10-8-16)17-5-3-2-4-6-17/h2-13H,14H2,1H3,(H,21,22,23). The van der Waals surface area contributed by atoms with Crippen LogP contribution in [0, 0.1) is 6.92 Å². The van der Waals surface area contributed by atoms with E-state index < -0.39 is 0 Å². The Balaban J connectivity index is 1.65. The van der Waals surface area contributed by atoms with Crippen LogP contribution in [0.2, 0.25) is 0 Å². The number of aryl methyl sites for hydroxylation is 1. The molecule has 3 nitrogen and oxygen atoms in total. The lowest BCUT2D eigenvalue weighted by Gasteiger charge is -2.07. The summed E-state index contributed by atoms with van der Waals surface area (Å²) in [5.41, 5.74) is 4.99. The third kappa shape index (κ3) is 4.04. The highest BCUT2D eigenvalue weighted by atomic mass is 16.1. The maximum Gasteiger partial charge on any atom is 0.228 e. The molecule has 1 N–H and O–H groups in total. The van der Waals surface area contributed by atoms with Crippen molar-refractivity contribution in [2.75, 3.05) is 5.32 Å². The Morgan fingerprint density at radius 1 is 0.957 bits per heavy atom. The highest BCUT2D eigenvalue weighted by molar-refractivity contribution is 5.92. The normalized spacial score (nSPS) is 10.3. The highest BCUT2D eigenvalue weighted by Gasteiger charge is 2.05. The van der Waals surface area contributed by atoms with Gasteiger partial charge < -0.3 is 5.32 Å². The third-order valence-electron chi connectivity index (χ3n) is 3.61. The van der Waals surface area contributed by atoms with Crippen LogP contribution < -0.4 is 5.32 Å². The Morgan fingerprint density at radius 2 is 1.65 bits per heavy atom. The van der Waals surface area contributed by atoms with E-state index in [1.807, 2.05) is 43.3 Å². The van der Waals surface area contributed by atoms with Crippen LogP contribution >= 0.6 is 0 Å². The lowest BCUT2D eigenvalue weighted by atomic mass is 10.0. The molecule has 1 heterocycles. The molecule has 3 rings (SSSR count). The first-order chi connectivity index (χ1) is 11.2. The summed E-state index contributed by atoms with van der Waals surface area (Å²) < 4.78 is 0. The van der Waals surface area contributed by atoms with E-state index >= 15 is 0 Å². The van der Waals surface area contributed by atoms with Crippen LogP contribution in [-0.4, -0.2) is 10.9 Å². The fraction of sp³-hybridized carbons (Fsp3) is 0.100. The molecule has 2 aromatic carbocycles. The largest absolute Gasteiger partial charge is 0.326 e. The van der Waals surface area contributed by atoms with Crippen LogP contribution in [0.3, 0.4) is 0 Å². The monoisotopic (exact) mass is 302 g/mol. The molecule has 0 unspecified atom stereocenters. The fourth-order valence-corrected chi connectivity index (χ4v) is 2.46. The van der Waals surface area contributed by atoms with Gasteiger partial charge in [0, 0.05) is 17.6 Å². The number of carbonyl (C=O) groups excluding carboxylic acids is 1. The lowest BCUT2D eigenvalue weighted by Crippen LogP contribution is -2.14. The fourth-order valence-electron chi connectivity index (χ4n) is 2.46. The summed E-state index contributed by atoms with van der Waals surface area (Å²) in [6.45, 7) is 1.90. The number of amides is 1. The predicted molar refractivity (Wildman–Crippen MR) is 93.2 cm³/mol. The number of pyridine rings is 1. The summed E-state index contributed by atoms with van der Waals surface area (Å²) in [7, 11) is 0. The summed E-state index contributed by atoms with van der Waals surface area (Å²) in [5.74, 6) is -0.0249. The zero-order valence-electron chi connectivity index (χ0n) is 13.0. The molecular weight excluding hydrogens is 284 g/mol. The molecule has 0 saturated carbocycles. The summed E-state index contributed by atoms with van der Waals surface area (Å²) >= 11 is 0. The number of hydrogen-bond donors (Lipinski definition) is 1. The molecule has 0 aliphatic rings. The van der Waals surface area contributed by atoms with Gasteiger partial charge in [-0.2, -0.15) is 0 Å². The third-order valence-corrected chi connectivity index (χ3v) is 3.61. The highest BCUT2D eigenvalue weighted by Crippen LogP contribution is 2.19. The van der Waals surface area contributed by atoms with Gasteiger partial charge in [0.25, 0.3) is 0 Å². The second kappa shape index (κ2) is 6.88.